The molecule has 0 radical (unpaired) electrons. The molecule has 2 saturated carbocycles. The molecule has 0 saturated heterocycles. The molecule has 2 unspecified atom stereocenters. The minimum atomic E-state index is -6.40. The molecule has 2 fully saturated rings. The normalized spacial score (nSPS) is 20.0. The van der Waals surface area contributed by atoms with Gasteiger partial charge in [-0.05, 0) is 57.7 Å². The summed E-state index contributed by atoms with van der Waals surface area (Å²) in [5.41, 5.74) is -9.34. The molecule has 2 heterocycles. The van der Waals surface area contributed by atoms with Crippen LogP contribution in [0.4, 0.5) is 35.1 Å². The summed E-state index contributed by atoms with van der Waals surface area (Å²) >= 11 is 6.39. The average molecular weight is 751 g/mol. The van der Waals surface area contributed by atoms with Crippen molar-refractivity contribution in [2.75, 3.05) is 6.54 Å². The number of benzene rings is 1. The van der Waals surface area contributed by atoms with Crippen LogP contribution in [0.2, 0.25) is 5.02 Å². The number of nitriles is 1. The van der Waals surface area contributed by atoms with E-state index in [0.29, 0.717) is 4.68 Å². The van der Waals surface area contributed by atoms with Crippen LogP contribution in [-0.4, -0.2) is 71.3 Å². The van der Waals surface area contributed by atoms with Gasteiger partial charge in [0, 0.05) is 25.4 Å². The molecule has 0 bridgehead atoms. The number of aryl methyl sites for hydroxylation is 1. The second-order valence-corrected chi connectivity index (χ2v) is 13.8. The summed E-state index contributed by atoms with van der Waals surface area (Å²) in [7, 11) is 0.720. The summed E-state index contributed by atoms with van der Waals surface area (Å²) in [5, 5.41) is 26.2. The molecule has 1 amide bonds. The van der Waals surface area contributed by atoms with Gasteiger partial charge in [0.15, 0.2) is 11.5 Å². The van der Waals surface area contributed by atoms with Gasteiger partial charge < -0.3 is 14.7 Å². The smallest absolute Gasteiger partial charge is 0.459 e. The van der Waals surface area contributed by atoms with E-state index in [0.717, 1.165) is 24.3 Å². The predicted molar refractivity (Wildman–Crippen MR) is 158 cm³/mol. The zero-order valence-corrected chi connectivity index (χ0v) is 27.7. The van der Waals surface area contributed by atoms with Crippen LogP contribution in [0.5, 0.6) is 0 Å². The quantitative estimate of drug-likeness (QED) is 0.192. The summed E-state index contributed by atoms with van der Waals surface area (Å²) < 4.78 is 116. The van der Waals surface area contributed by atoms with E-state index in [1.807, 2.05) is 6.07 Å². The van der Waals surface area contributed by atoms with E-state index in [1.54, 1.807) is 20.8 Å². The first-order chi connectivity index (χ1) is 23.3. The lowest BCUT2D eigenvalue weighted by atomic mass is 9.98. The number of aromatic nitrogens is 4. The monoisotopic (exact) mass is 750 g/mol. The molecule has 20 heteroatoms. The van der Waals surface area contributed by atoms with Crippen molar-refractivity contribution in [2.45, 2.75) is 69.4 Å². The summed E-state index contributed by atoms with van der Waals surface area (Å²) in [6.07, 6.45) is -10.1. The Hall–Kier alpha value is -4.73. The molecule has 1 N–H and O–H groups in total. The molecular formula is C31H27ClF8N6O5. The first-order valence-corrected chi connectivity index (χ1v) is 15.3. The highest BCUT2D eigenvalue weighted by molar-refractivity contribution is 6.34. The molecule has 2 aliphatic rings. The molecule has 11 nitrogen and oxygen atoms in total. The lowest BCUT2D eigenvalue weighted by Crippen LogP contribution is -2.48. The number of hydrogen-bond acceptors (Lipinski definition) is 7. The fourth-order valence-corrected chi connectivity index (χ4v) is 5.93. The highest BCUT2D eigenvalue weighted by atomic mass is 35.5. The first kappa shape index (κ1) is 37.5. The summed E-state index contributed by atoms with van der Waals surface area (Å²) in [6.45, 7) is 4.19. The van der Waals surface area contributed by atoms with Gasteiger partial charge in [-0.25, -0.2) is 9.36 Å². The standard InChI is InChI=1S/C31H27ClF8N6O5/c1-26(2,3)51-25(50)28(10-18(28)24(48)49)14-45(27(13-41)7-8-27)23(47)17-9-15(5-6-19(17)32)16-11-42-46(12-16)22-20(30(35,36)37)21(43-44(22)4)29(33,34)31(38,39)40/h5-6,9,11-12,18H,7-8,10,14H2,1-4H3,(H,48,49). The van der Waals surface area contributed by atoms with Crippen LogP contribution in [0.1, 0.15) is 61.6 Å². The fraction of sp³-hybridized carbons (Fsp3) is 0.484. The van der Waals surface area contributed by atoms with E-state index >= 15 is 0 Å². The van der Waals surface area contributed by atoms with Gasteiger partial charge in [-0.1, -0.05) is 17.7 Å². The molecule has 2 aromatic heterocycles. The van der Waals surface area contributed by atoms with E-state index < -0.39 is 82.2 Å². The van der Waals surface area contributed by atoms with Gasteiger partial charge in [-0.2, -0.15) is 50.6 Å². The van der Waals surface area contributed by atoms with Crippen LogP contribution < -0.4 is 0 Å². The lowest BCUT2D eigenvalue weighted by molar-refractivity contribution is -0.292. The Morgan fingerprint density at radius 2 is 1.73 bits per heavy atom. The van der Waals surface area contributed by atoms with Crippen molar-refractivity contribution in [3.63, 3.8) is 0 Å². The van der Waals surface area contributed by atoms with Crippen molar-refractivity contribution >= 4 is 29.4 Å². The third-order valence-corrected chi connectivity index (χ3v) is 8.93. The number of alkyl halides is 8. The minimum absolute atomic E-state index is 0.0505. The van der Waals surface area contributed by atoms with Gasteiger partial charge in [0.2, 0.25) is 0 Å². The largest absolute Gasteiger partial charge is 0.481 e. The lowest BCUT2D eigenvalue weighted by Gasteiger charge is -2.33. The zero-order valence-electron chi connectivity index (χ0n) is 27.0. The summed E-state index contributed by atoms with van der Waals surface area (Å²) in [4.78, 5) is 40.5. The number of halogens is 9. The Morgan fingerprint density at radius 3 is 2.22 bits per heavy atom. The number of rotatable bonds is 9. The van der Waals surface area contributed by atoms with Crippen LogP contribution in [-0.2, 0) is 33.5 Å². The van der Waals surface area contributed by atoms with Gasteiger partial charge in [-0.3, -0.25) is 14.4 Å². The minimum Gasteiger partial charge on any atom is -0.481 e. The van der Waals surface area contributed by atoms with Gasteiger partial charge in [0.25, 0.3) is 5.91 Å². The van der Waals surface area contributed by atoms with Crippen LogP contribution >= 0.6 is 11.6 Å². The van der Waals surface area contributed by atoms with E-state index in [1.165, 1.54) is 18.2 Å². The predicted octanol–water partition coefficient (Wildman–Crippen LogP) is 6.53. The second-order valence-electron chi connectivity index (χ2n) is 13.4. The molecule has 51 heavy (non-hydrogen) atoms. The third kappa shape index (κ3) is 6.61. The molecule has 1 aromatic carbocycles. The van der Waals surface area contributed by atoms with Gasteiger partial charge in [-0.15, -0.1) is 0 Å². The van der Waals surface area contributed by atoms with Crippen molar-refractivity contribution in [3.05, 3.63) is 52.4 Å². The number of carboxylic acids is 1. The van der Waals surface area contributed by atoms with E-state index in [4.69, 9.17) is 16.3 Å². The van der Waals surface area contributed by atoms with Crippen molar-refractivity contribution in [1.29, 1.82) is 5.26 Å². The SMILES string of the molecule is Cn1nc(C(F)(F)C(F)(F)F)c(C(F)(F)F)c1-n1cc(-c2ccc(Cl)c(C(=O)N(CC3(C(=O)OC(C)(C)C)CC3C(=O)O)C3(C#N)CC3)c2)cn1. The summed E-state index contributed by atoms with van der Waals surface area (Å²) in [6, 6.07) is 5.74. The maximum Gasteiger partial charge on any atom is 0.459 e. The van der Waals surface area contributed by atoms with Gasteiger partial charge in [0.1, 0.15) is 16.7 Å². The van der Waals surface area contributed by atoms with Crippen molar-refractivity contribution in [1.82, 2.24) is 24.5 Å². The van der Waals surface area contributed by atoms with Crippen LogP contribution in [0.15, 0.2) is 30.6 Å². The first-order valence-electron chi connectivity index (χ1n) is 14.9. The zero-order chi connectivity index (χ0) is 38.3. The number of esters is 1. The van der Waals surface area contributed by atoms with Gasteiger partial charge in [0.05, 0.1) is 34.2 Å². The number of carbonyl (C=O) groups is 3. The van der Waals surface area contributed by atoms with E-state index in [2.05, 4.69) is 10.2 Å². The van der Waals surface area contributed by atoms with Crippen molar-refractivity contribution in [2.24, 2.45) is 18.4 Å². The summed E-state index contributed by atoms with van der Waals surface area (Å²) in [5.74, 6) is -11.6. The Balaban J connectivity index is 1.54. The van der Waals surface area contributed by atoms with Gasteiger partial charge >= 0.3 is 30.2 Å². The average Bonchev–Trinajstić information content (AvgIpc) is 3.85. The topological polar surface area (TPSA) is 143 Å². The molecule has 0 aliphatic heterocycles. The number of ether oxygens (including phenoxy) is 1. The van der Waals surface area contributed by atoms with Crippen molar-refractivity contribution in [3.8, 4) is 23.0 Å². The highest BCUT2D eigenvalue weighted by Crippen LogP contribution is 2.57. The highest BCUT2D eigenvalue weighted by Gasteiger charge is 2.69. The molecule has 2 atom stereocenters. The Bertz CT molecular complexity index is 1970. The number of amides is 1. The fourth-order valence-electron chi connectivity index (χ4n) is 5.73. The molecule has 274 valence electrons. The molecule has 2 aliphatic carbocycles. The van der Waals surface area contributed by atoms with Crippen LogP contribution in [0, 0.1) is 22.7 Å². The number of carbonyl (C=O) groups excluding carboxylic acids is 2. The maximum absolute atomic E-state index is 14.2. The Labute approximate surface area is 288 Å². The number of hydrogen-bond donors (Lipinski definition) is 1. The van der Waals surface area contributed by atoms with Crippen LogP contribution in [0.3, 0.4) is 0 Å². The Morgan fingerprint density at radius 1 is 1.10 bits per heavy atom. The molecule has 5 rings (SSSR count). The van der Waals surface area contributed by atoms with E-state index in [9.17, 15) is 59.9 Å². The molecular weight excluding hydrogens is 724 g/mol. The number of nitrogens with zero attached hydrogens (tertiary/aromatic N) is 6. The third-order valence-electron chi connectivity index (χ3n) is 8.60. The molecule has 0 spiro atoms. The number of carboxylic acid groups (broad SMARTS) is 1. The second kappa shape index (κ2) is 11.9. The maximum atomic E-state index is 14.2. The Kier molecular flexibility index (Phi) is 8.77. The number of aliphatic carboxylic acids is 1. The van der Waals surface area contributed by atoms with E-state index in [-0.39, 0.29) is 45.7 Å². The molecule has 3 aromatic rings. The van der Waals surface area contributed by atoms with Crippen LogP contribution in [0.25, 0.3) is 16.9 Å². The van der Waals surface area contributed by atoms with Crippen molar-refractivity contribution < 1.29 is 59.4 Å².